The van der Waals surface area contributed by atoms with E-state index in [1.807, 2.05) is 25.1 Å². The van der Waals surface area contributed by atoms with E-state index < -0.39 is 17.5 Å². The number of carbonyl (C=O) groups excluding carboxylic acids is 1. The summed E-state index contributed by atoms with van der Waals surface area (Å²) in [6.45, 7) is 2.15. The van der Waals surface area contributed by atoms with E-state index in [0.29, 0.717) is 12.0 Å². The van der Waals surface area contributed by atoms with Crippen molar-refractivity contribution in [2.24, 2.45) is 0 Å². The van der Waals surface area contributed by atoms with Crippen molar-refractivity contribution in [2.45, 2.75) is 13.3 Å². The number of aromatic amines is 1. The second-order valence-electron chi connectivity index (χ2n) is 5.85. The Balaban J connectivity index is 1.69. The molecule has 0 bridgehead atoms. The zero-order valence-electron chi connectivity index (χ0n) is 13.5. The molecule has 1 heterocycles. The second-order valence-corrected chi connectivity index (χ2v) is 5.85. The molecule has 0 spiro atoms. The summed E-state index contributed by atoms with van der Waals surface area (Å²) in [6, 6.07) is 10.5. The minimum Gasteiger partial charge on any atom is -0.352 e. The molecule has 1 amide bonds. The van der Waals surface area contributed by atoms with Gasteiger partial charge in [0.25, 0.3) is 11.5 Å². The predicted octanol–water partition coefficient (Wildman–Crippen LogP) is 3.09. The number of nitrogens with one attached hydrogen (secondary N) is 2. The summed E-state index contributed by atoms with van der Waals surface area (Å²) in [5, 5.41) is 3.51. The molecule has 0 fully saturated rings. The van der Waals surface area contributed by atoms with E-state index in [9.17, 15) is 18.4 Å². The van der Waals surface area contributed by atoms with Crippen LogP contribution in [0.25, 0.3) is 10.9 Å². The van der Waals surface area contributed by atoms with Gasteiger partial charge >= 0.3 is 0 Å². The number of amides is 1. The fourth-order valence-electron chi connectivity index (χ4n) is 2.60. The molecule has 25 heavy (non-hydrogen) atoms. The summed E-state index contributed by atoms with van der Waals surface area (Å²) in [7, 11) is 0. The largest absolute Gasteiger partial charge is 0.352 e. The molecule has 0 radical (unpaired) electrons. The van der Waals surface area contributed by atoms with Crippen molar-refractivity contribution < 1.29 is 13.6 Å². The second kappa shape index (κ2) is 6.84. The van der Waals surface area contributed by atoms with Gasteiger partial charge in [0.2, 0.25) is 0 Å². The van der Waals surface area contributed by atoms with Gasteiger partial charge in [-0.1, -0.05) is 12.1 Å². The van der Waals surface area contributed by atoms with Crippen LogP contribution in [0.15, 0.2) is 47.3 Å². The lowest BCUT2D eigenvalue weighted by molar-refractivity contribution is 0.0953. The summed E-state index contributed by atoms with van der Waals surface area (Å²) in [5.74, 6) is -2.60. The number of pyridine rings is 1. The highest BCUT2D eigenvalue weighted by molar-refractivity contribution is 5.94. The summed E-state index contributed by atoms with van der Waals surface area (Å²) in [4.78, 5) is 26.9. The highest BCUT2D eigenvalue weighted by atomic mass is 19.2. The van der Waals surface area contributed by atoms with Gasteiger partial charge in [-0.2, -0.15) is 0 Å². The molecular formula is C19H16F2N2O2. The Hall–Kier alpha value is -3.02. The van der Waals surface area contributed by atoms with Gasteiger partial charge in [-0.25, -0.2) is 8.78 Å². The standard InChI is InChI=1S/C19H16F2N2O2/c1-11-2-3-12-9-14(19(25)23-17(12)8-11)6-7-22-18(24)13-4-5-15(20)16(21)10-13/h2-5,8-10H,6-7H2,1H3,(H,22,24)(H,23,25). The van der Waals surface area contributed by atoms with Gasteiger partial charge in [0, 0.05) is 23.2 Å². The number of halogens is 2. The maximum absolute atomic E-state index is 13.2. The number of hydrogen-bond donors (Lipinski definition) is 2. The Kier molecular flexibility index (Phi) is 4.61. The highest BCUT2D eigenvalue weighted by Crippen LogP contribution is 2.13. The zero-order chi connectivity index (χ0) is 18.0. The molecule has 2 N–H and O–H groups in total. The Bertz CT molecular complexity index is 1010. The predicted molar refractivity (Wildman–Crippen MR) is 91.7 cm³/mol. The summed E-state index contributed by atoms with van der Waals surface area (Å²) in [5.41, 5.74) is 2.18. The Labute approximate surface area is 142 Å². The lowest BCUT2D eigenvalue weighted by atomic mass is 10.1. The Morgan fingerprint density at radius 2 is 1.88 bits per heavy atom. The molecule has 3 rings (SSSR count). The molecule has 4 nitrogen and oxygen atoms in total. The monoisotopic (exact) mass is 342 g/mol. The number of carbonyl (C=O) groups is 1. The van der Waals surface area contributed by atoms with E-state index in [4.69, 9.17) is 0 Å². The summed E-state index contributed by atoms with van der Waals surface area (Å²) in [6.07, 6.45) is 0.328. The van der Waals surface area contributed by atoms with E-state index >= 15 is 0 Å². The van der Waals surface area contributed by atoms with Crippen molar-refractivity contribution in [3.8, 4) is 0 Å². The van der Waals surface area contributed by atoms with Crippen LogP contribution >= 0.6 is 0 Å². The van der Waals surface area contributed by atoms with Crippen LogP contribution in [0.1, 0.15) is 21.5 Å². The SMILES string of the molecule is Cc1ccc2cc(CCNC(=O)c3ccc(F)c(F)c3)c(=O)[nH]c2c1. The Morgan fingerprint density at radius 1 is 1.08 bits per heavy atom. The van der Waals surface area contributed by atoms with Gasteiger partial charge in [0.1, 0.15) is 0 Å². The quantitative estimate of drug-likeness (QED) is 0.765. The molecule has 128 valence electrons. The molecule has 0 saturated carbocycles. The topological polar surface area (TPSA) is 62.0 Å². The van der Waals surface area contributed by atoms with Gasteiger partial charge in [0.05, 0.1) is 0 Å². The molecule has 0 aliphatic heterocycles. The van der Waals surface area contributed by atoms with Crippen molar-refractivity contribution in [3.05, 3.63) is 81.1 Å². The number of benzene rings is 2. The van der Waals surface area contributed by atoms with Crippen LogP contribution in [-0.2, 0) is 6.42 Å². The molecule has 1 aromatic heterocycles. The molecule has 0 saturated heterocycles. The van der Waals surface area contributed by atoms with Crippen LogP contribution in [0.2, 0.25) is 0 Å². The van der Waals surface area contributed by atoms with Crippen molar-refractivity contribution in [1.29, 1.82) is 0 Å². The van der Waals surface area contributed by atoms with Crippen molar-refractivity contribution in [1.82, 2.24) is 10.3 Å². The van der Waals surface area contributed by atoms with Gasteiger partial charge in [-0.3, -0.25) is 9.59 Å². The van der Waals surface area contributed by atoms with Crippen LogP contribution in [0, 0.1) is 18.6 Å². The third-order valence-corrected chi connectivity index (χ3v) is 3.94. The van der Waals surface area contributed by atoms with Crippen molar-refractivity contribution in [2.75, 3.05) is 6.54 Å². The average molecular weight is 342 g/mol. The average Bonchev–Trinajstić information content (AvgIpc) is 2.57. The summed E-state index contributed by atoms with van der Waals surface area (Å²) >= 11 is 0. The first kappa shape index (κ1) is 16.8. The zero-order valence-corrected chi connectivity index (χ0v) is 13.5. The minimum atomic E-state index is -1.08. The fourth-order valence-corrected chi connectivity index (χ4v) is 2.60. The molecule has 6 heteroatoms. The van der Waals surface area contributed by atoms with Gasteiger partial charge in [-0.05, 0) is 54.6 Å². The Morgan fingerprint density at radius 3 is 2.64 bits per heavy atom. The maximum Gasteiger partial charge on any atom is 0.251 e. The van der Waals surface area contributed by atoms with Gasteiger partial charge in [0.15, 0.2) is 11.6 Å². The van der Waals surface area contributed by atoms with E-state index in [1.54, 1.807) is 6.07 Å². The van der Waals surface area contributed by atoms with E-state index in [-0.39, 0.29) is 17.7 Å². The van der Waals surface area contributed by atoms with Crippen LogP contribution < -0.4 is 10.9 Å². The first-order valence-corrected chi connectivity index (χ1v) is 7.80. The molecular weight excluding hydrogens is 326 g/mol. The van der Waals surface area contributed by atoms with Crippen molar-refractivity contribution >= 4 is 16.8 Å². The van der Waals surface area contributed by atoms with Crippen LogP contribution in [0.3, 0.4) is 0 Å². The molecule has 0 aliphatic rings. The van der Waals surface area contributed by atoms with Crippen molar-refractivity contribution in [3.63, 3.8) is 0 Å². The minimum absolute atomic E-state index is 0.0294. The molecule has 0 aliphatic carbocycles. The first-order chi connectivity index (χ1) is 11.9. The third-order valence-electron chi connectivity index (χ3n) is 3.94. The number of aryl methyl sites for hydroxylation is 1. The van der Waals surface area contributed by atoms with Gasteiger partial charge < -0.3 is 10.3 Å². The maximum atomic E-state index is 13.2. The smallest absolute Gasteiger partial charge is 0.251 e. The first-order valence-electron chi connectivity index (χ1n) is 7.80. The summed E-state index contributed by atoms with van der Waals surface area (Å²) < 4.78 is 26.0. The lowest BCUT2D eigenvalue weighted by Crippen LogP contribution is -2.27. The van der Waals surface area contributed by atoms with Gasteiger partial charge in [-0.15, -0.1) is 0 Å². The van der Waals surface area contributed by atoms with Crippen LogP contribution in [-0.4, -0.2) is 17.4 Å². The number of aromatic nitrogens is 1. The molecule has 3 aromatic rings. The molecule has 0 atom stereocenters. The van der Waals surface area contributed by atoms with E-state index in [2.05, 4.69) is 10.3 Å². The molecule has 2 aromatic carbocycles. The molecule has 0 unspecified atom stereocenters. The van der Waals surface area contributed by atoms with Crippen LogP contribution in [0.5, 0.6) is 0 Å². The fraction of sp³-hybridized carbons (Fsp3) is 0.158. The number of rotatable bonds is 4. The van der Waals surface area contributed by atoms with E-state index in [0.717, 1.165) is 28.6 Å². The van der Waals surface area contributed by atoms with E-state index in [1.165, 1.54) is 6.07 Å². The number of fused-ring (bicyclic) bond motifs is 1. The highest BCUT2D eigenvalue weighted by Gasteiger charge is 2.10. The normalized spacial score (nSPS) is 10.8. The van der Waals surface area contributed by atoms with Crippen LogP contribution in [0.4, 0.5) is 8.78 Å². The third kappa shape index (κ3) is 3.74. The number of H-pyrrole nitrogens is 1. The number of hydrogen-bond acceptors (Lipinski definition) is 2. The lowest BCUT2D eigenvalue weighted by Gasteiger charge is -2.07.